The van der Waals surface area contributed by atoms with E-state index < -0.39 is 17.8 Å². The maximum absolute atomic E-state index is 12.4. The van der Waals surface area contributed by atoms with Crippen molar-refractivity contribution < 1.29 is 18.0 Å². The zero-order valence-corrected chi connectivity index (χ0v) is 12.5. The van der Waals surface area contributed by atoms with Gasteiger partial charge in [0.2, 0.25) is 5.91 Å². The number of carbonyl (C=O) groups excluding carboxylic acids is 1. The summed E-state index contributed by atoms with van der Waals surface area (Å²) in [6.07, 6.45) is -3.39. The predicted octanol–water partition coefficient (Wildman–Crippen LogP) is 3.61. The topological polar surface area (TPSA) is 46.9 Å². The standard InChI is InChI=1S/C13H11BrF3N3O/c1-8-2-3-10(9(14)6-8)18-12(21)7-20-5-4-11(19-20)13(15,16)17/h2-6H,7H2,1H3,(H,18,21). The van der Waals surface area contributed by atoms with Crippen LogP contribution in [0.15, 0.2) is 34.9 Å². The molecule has 1 aromatic heterocycles. The highest BCUT2D eigenvalue weighted by Gasteiger charge is 2.33. The molecule has 0 saturated carbocycles. The highest BCUT2D eigenvalue weighted by molar-refractivity contribution is 9.10. The van der Waals surface area contributed by atoms with E-state index in [1.165, 1.54) is 0 Å². The van der Waals surface area contributed by atoms with Gasteiger partial charge in [0, 0.05) is 10.7 Å². The monoisotopic (exact) mass is 361 g/mol. The summed E-state index contributed by atoms with van der Waals surface area (Å²) in [4.78, 5) is 11.8. The first kappa shape index (κ1) is 15.6. The Hall–Kier alpha value is -1.83. The molecule has 0 aliphatic carbocycles. The van der Waals surface area contributed by atoms with Crippen molar-refractivity contribution >= 4 is 27.5 Å². The lowest BCUT2D eigenvalue weighted by Crippen LogP contribution is -2.20. The minimum absolute atomic E-state index is 0.295. The van der Waals surface area contributed by atoms with Crippen molar-refractivity contribution in [2.24, 2.45) is 0 Å². The van der Waals surface area contributed by atoms with Crippen LogP contribution >= 0.6 is 15.9 Å². The molecule has 2 aromatic rings. The lowest BCUT2D eigenvalue weighted by atomic mass is 10.2. The molecule has 0 bridgehead atoms. The van der Waals surface area contributed by atoms with Crippen LogP contribution in [-0.4, -0.2) is 15.7 Å². The number of hydrogen-bond acceptors (Lipinski definition) is 2. The minimum Gasteiger partial charge on any atom is -0.323 e. The second-order valence-corrected chi connectivity index (χ2v) is 5.28. The van der Waals surface area contributed by atoms with E-state index in [0.717, 1.165) is 22.5 Å². The number of hydrogen-bond donors (Lipinski definition) is 1. The molecule has 1 amide bonds. The average molecular weight is 362 g/mol. The SMILES string of the molecule is Cc1ccc(NC(=O)Cn2ccc(C(F)(F)F)n2)c(Br)c1. The Balaban J connectivity index is 2.03. The van der Waals surface area contributed by atoms with Gasteiger partial charge in [0.15, 0.2) is 5.69 Å². The molecular formula is C13H11BrF3N3O. The Bertz CT molecular complexity index is 667. The molecule has 0 aliphatic heterocycles. The largest absolute Gasteiger partial charge is 0.435 e. The van der Waals surface area contributed by atoms with Gasteiger partial charge < -0.3 is 5.32 Å². The number of benzene rings is 1. The van der Waals surface area contributed by atoms with Crippen LogP contribution in [0.1, 0.15) is 11.3 Å². The zero-order valence-electron chi connectivity index (χ0n) is 10.9. The van der Waals surface area contributed by atoms with Crippen LogP contribution in [0.25, 0.3) is 0 Å². The van der Waals surface area contributed by atoms with E-state index in [1.807, 2.05) is 19.1 Å². The normalized spacial score (nSPS) is 11.5. The van der Waals surface area contributed by atoms with E-state index in [-0.39, 0.29) is 6.54 Å². The molecule has 1 heterocycles. The van der Waals surface area contributed by atoms with Gasteiger partial charge in [0.05, 0.1) is 5.69 Å². The first-order chi connectivity index (χ1) is 9.75. The van der Waals surface area contributed by atoms with E-state index in [2.05, 4.69) is 26.3 Å². The summed E-state index contributed by atoms with van der Waals surface area (Å²) < 4.78 is 38.8. The van der Waals surface area contributed by atoms with E-state index in [9.17, 15) is 18.0 Å². The first-order valence-electron chi connectivity index (χ1n) is 5.92. The van der Waals surface area contributed by atoms with E-state index in [4.69, 9.17) is 0 Å². The molecule has 1 N–H and O–H groups in total. The maximum Gasteiger partial charge on any atom is 0.435 e. The number of aryl methyl sites for hydroxylation is 1. The van der Waals surface area contributed by atoms with Gasteiger partial charge in [-0.25, -0.2) is 0 Å². The number of amides is 1. The van der Waals surface area contributed by atoms with Crippen molar-refractivity contribution in [2.75, 3.05) is 5.32 Å². The third-order valence-corrected chi connectivity index (χ3v) is 3.29. The average Bonchev–Trinajstić information content (AvgIpc) is 2.81. The molecule has 1 aromatic carbocycles. The van der Waals surface area contributed by atoms with Gasteiger partial charge in [-0.1, -0.05) is 6.07 Å². The number of halogens is 4. The molecule has 2 rings (SSSR count). The van der Waals surface area contributed by atoms with Crippen LogP contribution in [0.5, 0.6) is 0 Å². The van der Waals surface area contributed by atoms with Crippen molar-refractivity contribution in [3.05, 3.63) is 46.2 Å². The molecule has 112 valence electrons. The lowest BCUT2D eigenvalue weighted by molar-refractivity contribution is -0.141. The van der Waals surface area contributed by atoms with Gasteiger partial charge in [-0.3, -0.25) is 9.48 Å². The van der Waals surface area contributed by atoms with Crippen molar-refractivity contribution in [1.29, 1.82) is 0 Å². The Morgan fingerprint density at radius 1 is 1.38 bits per heavy atom. The van der Waals surface area contributed by atoms with Gasteiger partial charge in [-0.2, -0.15) is 18.3 Å². The predicted molar refractivity (Wildman–Crippen MR) is 74.7 cm³/mol. The number of aromatic nitrogens is 2. The summed E-state index contributed by atoms with van der Waals surface area (Å²) in [6.45, 7) is 1.61. The second kappa shape index (κ2) is 5.88. The van der Waals surface area contributed by atoms with Crippen LogP contribution < -0.4 is 5.32 Å². The Morgan fingerprint density at radius 2 is 2.10 bits per heavy atom. The highest BCUT2D eigenvalue weighted by Crippen LogP contribution is 2.27. The van der Waals surface area contributed by atoms with Crippen LogP contribution in [0.4, 0.5) is 18.9 Å². The second-order valence-electron chi connectivity index (χ2n) is 4.43. The Labute approximate surface area is 127 Å². The summed E-state index contributed by atoms with van der Waals surface area (Å²) in [5, 5.41) is 5.92. The summed E-state index contributed by atoms with van der Waals surface area (Å²) in [6, 6.07) is 6.18. The van der Waals surface area contributed by atoms with E-state index >= 15 is 0 Å². The van der Waals surface area contributed by atoms with E-state index in [0.29, 0.717) is 10.2 Å². The van der Waals surface area contributed by atoms with Gasteiger partial charge in [0.1, 0.15) is 6.54 Å². The van der Waals surface area contributed by atoms with Crippen LogP contribution in [0, 0.1) is 6.92 Å². The van der Waals surface area contributed by atoms with Crippen LogP contribution in [-0.2, 0) is 17.5 Å². The smallest absolute Gasteiger partial charge is 0.323 e. The third kappa shape index (κ3) is 4.07. The zero-order chi connectivity index (χ0) is 15.6. The van der Waals surface area contributed by atoms with Crippen molar-refractivity contribution in [2.45, 2.75) is 19.6 Å². The highest BCUT2D eigenvalue weighted by atomic mass is 79.9. The molecular weight excluding hydrogens is 351 g/mol. The number of nitrogens with one attached hydrogen (secondary N) is 1. The molecule has 0 spiro atoms. The lowest BCUT2D eigenvalue weighted by Gasteiger charge is -2.08. The molecule has 0 unspecified atom stereocenters. The van der Waals surface area contributed by atoms with Gasteiger partial charge in [0.25, 0.3) is 0 Å². The Kier molecular flexibility index (Phi) is 4.36. The third-order valence-electron chi connectivity index (χ3n) is 2.64. The molecule has 0 aliphatic rings. The summed E-state index contributed by atoms with van der Waals surface area (Å²) >= 11 is 3.31. The minimum atomic E-state index is -4.51. The molecule has 0 fully saturated rings. The van der Waals surface area contributed by atoms with Gasteiger partial charge in [-0.05, 0) is 46.6 Å². The number of nitrogens with zero attached hydrogens (tertiary/aromatic N) is 2. The van der Waals surface area contributed by atoms with Crippen molar-refractivity contribution in [1.82, 2.24) is 9.78 Å². The molecule has 4 nitrogen and oxygen atoms in total. The fourth-order valence-electron chi connectivity index (χ4n) is 1.66. The number of rotatable bonds is 3. The molecule has 0 atom stereocenters. The summed E-state index contributed by atoms with van der Waals surface area (Å²) in [5.41, 5.74) is 0.544. The molecule has 0 radical (unpaired) electrons. The van der Waals surface area contributed by atoms with E-state index in [1.54, 1.807) is 6.07 Å². The summed E-state index contributed by atoms with van der Waals surface area (Å²) in [5.74, 6) is -0.462. The number of carbonyl (C=O) groups is 1. The number of alkyl halides is 3. The van der Waals surface area contributed by atoms with Gasteiger partial charge in [-0.15, -0.1) is 0 Å². The maximum atomic E-state index is 12.4. The van der Waals surface area contributed by atoms with Crippen molar-refractivity contribution in [3.63, 3.8) is 0 Å². The fourth-order valence-corrected chi connectivity index (χ4v) is 2.25. The first-order valence-corrected chi connectivity index (χ1v) is 6.71. The van der Waals surface area contributed by atoms with Crippen LogP contribution in [0.3, 0.4) is 0 Å². The molecule has 8 heteroatoms. The number of anilines is 1. The fraction of sp³-hybridized carbons (Fsp3) is 0.231. The molecule has 0 saturated heterocycles. The van der Waals surface area contributed by atoms with Gasteiger partial charge >= 0.3 is 6.18 Å². The van der Waals surface area contributed by atoms with Crippen LogP contribution in [0.2, 0.25) is 0 Å². The quantitative estimate of drug-likeness (QED) is 0.907. The van der Waals surface area contributed by atoms with Crippen molar-refractivity contribution in [3.8, 4) is 0 Å². The Morgan fingerprint density at radius 3 is 2.67 bits per heavy atom. The molecule has 21 heavy (non-hydrogen) atoms. The summed E-state index contributed by atoms with van der Waals surface area (Å²) in [7, 11) is 0.